The molecule has 2 nitrogen and oxygen atoms in total. The van der Waals surface area contributed by atoms with E-state index in [2.05, 4.69) is 6.92 Å². The van der Waals surface area contributed by atoms with Gasteiger partial charge in [-0.05, 0) is 18.4 Å². The Morgan fingerprint density at radius 2 is 2.13 bits per heavy atom. The number of ether oxygens (including phenoxy) is 1. The summed E-state index contributed by atoms with van der Waals surface area (Å²) in [4.78, 5) is 0. The van der Waals surface area contributed by atoms with Crippen molar-refractivity contribution in [3.63, 3.8) is 0 Å². The van der Waals surface area contributed by atoms with E-state index in [0.717, 1.165) is 25.0 Å². The molecule has 0 aromatic heterocycles. The fraction of sp³-hybridized carbons (Fsp3) is 0.538. The highest BCUT2D eigenvalue weighted by Gasteiger charge is 2.33. The molecule has 3 unspecified atom stereocenters. The second-order valence-electron chi connectivity index (χ2n) is 4.13. The Labute approximate surface area is 90.9 Å². The average molecular weight is 206 g/mol. The van der Waals surface area contributed by atoms with Crippen molar-refractivity contribution in [2.75, 3.05) is 6.61 Å². The summed E-state index contributed by atoms with van der Waals surface area (Å²) in [6.45, 7) is 2.90. The fourth-order valence-electron chi connectivity index (χ4n) is 2.34. The Hall–Kier alpha value is -0.860. The number of hydrogen-bond acceptors (Lipinski definition) is 2. The van der Waals surface area contributed by atoms with Crippen molar-refractivity contribution in [1.29, 1.82) is 0 Å². The van der Waals surface area contributed by atoms with Gasteiger partial charge in [-0.1, -0.05) is 37.3 Å². The van der Waals surface area contributed by atoms with Crippen LogP contribution in [0.25, 0.3) is 0 Å². The van der Waals surface area contributed by atoms with Crippen LogP contribution in [0.15, 0.2) is 30.3 Å². The minimum atomic E-state index is -0.376. The molecule has 1 aromatic carbocycles. The lowest BCUT2D eigenvalue weighted by Crippen LogP contribution is -2.21. The quantitative estimate of drug-likeness (QED) is 0.823. The average Bonchev–Trinajstić information content (AvgIpc) is 2.77. The number of rotatable bonds is 3. The summed E-state index contributed by atoms with van der Waals surface area (Å²) >= 11 is 0. The van der Waals surface area contributed by atoms with E-state index in [1.165, 1.54) is 0 Å². The first kappa shape index (κ1) is 10.7. The van der Waals surface area contributed by atoms with E-state index in [1.807, 2.05) is 30.3 Å². The molecular weight excluding hydrogens is 188 g/mol. The number of benzene rings is 1. The van der Waals surface area contributed by atoms with Gasteiger partial charge in [-0.2, -0.15) is 0 Å². The Morgan fingerprint density at radius 1 is 1.40 bits per heavy atom. The van der Waals surface area contributed by atoms with E-state index in [4.69, 9.17) is 4.74 Å². The monoisotopic (exact) mass is 206 g/mol. The third-order valence-corrected chi connectivity index (χ3v) is 3.21. The molecule has 2 heteroatoms. The zero-order valence-electron chi connectivity index (χ0n) is 9.10. The largest absolute Gasteiger partial charge is 0.388 e. The second kappa shape index (κ2) is 4.77. The highest BCUT2D eigenvalue weighted by molar-refractivity contribution is 5.18. The number of hydrogen-bond donors (Lipinski definition) is 1. The maximum absolute atomic E-state index is 10.2. The van der Waals surface area contributed by atoms with Crippen LogP contribution in [0, 0.1) is 5.92 Å². The van der Waals surface area contributed by atoms with E-state index >= 15 is 0 Å². The molecule has 1 fully saturated rings. The molecule has 0 aliphatic carbocycles. The van der Waals surface area contributed by atoms with Gasteiger partial charge in [-0.15, -0.1) is 0 Å². The van der Waals surface area contributed by atoms with Gasteiger partial charge in [0.15, 0.2) is 0 Å². The van der Waals surface area contributed by atoms with E-state index in [-0.39, 0.29) is 18.1 Å². The summed E-state index contributed by atoms with van der Waals surface area (Å²) in [6.07, 6.45) is 1.79. The molecule has 1 saturated heterocycles. The third kappa shape index (κ3) is 2.21. The highest BCUT2D eigenvalue weighted by Crippen LogP contribution is 2.34. The summed E-state index contributed by atoms with van der Waals surface area (Å²) in [5.41, 5.74) is 1.01. The molecule has 1 aromatic rings. The summed E-state index contributed by atoms with van der Waals surface area (Å²) in [5, 5.41) is 10.2. The van der Waals surface area contributed by atoms with Crippen LogP contribution in [0.1, 0.15) is 31.4 Å². The molecule has 3 atom stereocenters. The molecule has 0 bridgehead atoms. The lowest BCUT2D eigenvalue weighted by Gasteiger charge is -2.22. The maximum atomic E-state index is 10.2. The van der Waals surface area contributed by atoms with Crippen molar-refractivity contribution in [3.05, 3.63) is 35.9 Å². The van der Waals surface area contributed by atoms with Crippen molar-refractivity contribution < 1.29 is 9.84 Å². The van der Waals surface area contributed by atoms with Gasteiger partial charge in [-0.3, -0.25) is 0 Å². The molecule has 1 N–H and O–H groups in total. The van der Waals surface area contributed by atoms with Crippen LogP contribution in [0.4, 0.5) is 0 Å². The number of aliphatic hydroxyl groups is 1. The van der Waals surface area contributed by atoms with Crippen LogP contribution >= 0.6 is 0 Å². The van der Waals surface area contributed by atoms with E-state index in [9.17, 15) is 5.11 Å². The minimum absolute atomic E-state index is 0.222. The summed E-state index contributed by atoms with van der Waals surface area (Å²) in [6, 6.07) is 9.87. The molecule has 15 heavy (non-hydrogen) atoms. The molecule has 0 radical (unpaired) electrons. The van der Waals surface area contributed by atoms with Gasteiger partial charge in [0.1, 0.15) is 0 Å². The lowest BCUT2D eigenvalue weighted by molar-refractivity contribution is 0.0307. The van der Waals surface area contributed by atoms with Crippen LogP contribution < -0.4 is 0 Å². The second-order valence-corrected chi connectivity index (χ2v) is 4.13. The van der Waals surface area contributed by atoms with Crippen LogP contribution in [0.5, 0.6) is 0 Å². The zero-order valence-corrected chi connectivity index (χ0v) is 9.10. The molecule has 82 valence electrons. The zero-order chi connectivity index (χ0) is 10.7. The van der Waals surface area contributed by atoms with Gasteiger partial charge in [0.25, 0.3) is 0 Å². The summed E-state index contributed by atoms with van der Waals surface area (Å²) < 4.78 is 5.60. The van der Waals surface area contributed by atoms with Crippen molar-refractivity contribution in [2.24, 2.45) is 5.92 Å². The molecule has 0 amide bonds. The first-order chi connectivity index (χ1) is 7.33. The minimum Gasteiger partial charge on any atom is -0.388 e. The molecule has 1 heterocycles. The van der Waals surface area contributed by atoms with Gasteiger partial charge in [0.05, 0.1) is 12.2 Å². The normalized spacial score (nSPS) is 27.9. The van der Waals surface area contributed by atoms with E-state index < -0.39 is 0 Å². The fourth-order valence-corrected chi connectivity index (χ4v) is 2.34. The lowest BCUT2D eigenvalue weighted by atomic mass is 9.89. The Kier molecular flexibility index (Phi) is 3.39. The Balaban J connectivity index is 2.10. The van der Waals surface area contributed by atoms with Crippen molar-refractivity contribution in [1.82, 2.24) is 0 Å². The summed E-state index contributed by atoms with van der Waals surface area (Å²) in [5.74, 6) is 0.261. The van der Waals surface area contributed by atoms with E-state index in [1.54, 1.807) is 0 Å². The van der Waals surface area contributed by atoms with Gasteiger partial charge in [0, 0.05) is 12.5 Å². The molecule has 0 saturated carbocycles. The maximum Gasteiger partial charge on any atom is 0.0843 e. The van der Waals surface area contributed by atoms with Gasteiger partial charge in [-0.25, -0.2) is 0 Å². The predicted molar refractivity (Wildman–Crippen MR) is 59.5 cm³/mol. The topological polar surface area (TPSA) is 29.5 Å². The van der Waals surface area contributed by atoms with Crippen LogP contribution in [-0.2, 0) is 4.74 Å². The first-order valence-corrected chi connectivity index (χ1v) is 5.67. The van der Waals surface area contributed by atoms with Gasteiger partial charge >= 0.3 is 0 Å². The van der Waals surface area contributed by atoms with Gasteiger partial charge < -0.3 is 9.84 Å². The molecule has 2 rings (SSSR count). The van der Waals surface area contributed by atoms with Crippen LogP contribution in [-0.4, -0.2) is 17.8 Å². The first-order valence-electron chi connectivity index (χ1n) is 5.67. The smallest absolute Gasteiger partial charge is 0.0843 e. The van der Waals surface area contributed by atoms with Crippen LogP contribution in [0.3, 0.4) is 0 Å². The molecule has 0 spiro atoms. The molecular formula is C13H18O2. The third-order valence-electron chi connectivity index (χ3n) is 3.21. The summed E-state index contributed by atoms with van der Waals surface area (Å²) in [7, 11) is 0. The highest BCUT2D eigenvalue weighted by atomic mass is 16.5. The SMILES string of the molecule is CCC1OCCC1C(O)c1ccccc1. The Morgan fingerprint density at radius 3 is 2.80 bits per heavy atom. The predicted octanol–water partition coefficient (Wildman–Crippen LogP) is 2.54. The van der Waals surface area contributed by atoms with E-state index in [0.29, 0.717) is 0 Å². The van der Waals surface area contributed by atoms with Gasteiger partial charge in [0.2, 0.25) is 0 Å². The van der Waals surface area contributed by atoms with Crippen LogP contribution in [0.2, 0.25) is 0 Å². The van der Waals surface area contributed by atoms with Crippen molar-refractivity contribution in [2.45, 2.75) is 32.0 Å². The molecule has 1 aliphatic heterocycles. The Bertz CT molecular complexity index is 297. The molecule has 1 aliphatic rings. The number of aliphatic hydroxyl groups excluding tert-OH is 1. The van der Waals surface area contributed by atoms with Crippen molar-refractivity contribution in [3.8, 4) is 0 Å². The van der Waals surface area contributed by atoms with Crippen molar-refractivity contribution >= 4 is 0 Å². The standard InChI is InChI=1S/C13H18O2/c1-2-12-11(8-9-15-12)13(14)10-6-4-3-5-7-10/h3-7,11-14H,2,8-9H2,1H3.